The Kier molecular flexibility index (Phi) is 9.49. The number of carboxylic acid groups (broad SMARTS) is 1. The number of nitro groups is 1. The van der Waals surface area contributed by atoms with E-state index in [1.165, 1.54) is 21.1 Å². The molecule has 2 rings (SSSR count). The summed E-state index contributed by atoms with van der Waals surface area (Å²) in [6.45, 7) is 1.62. The van der Waals surface area contributed by atoms with Crippen molar-refractivity contribution in [1.29, 1.82) is 0 Å². The van der Waals surface area contributed by atoms with Crippen LogP contribution in [0.3, 0.4) is 0 Å². The average Bonchev–Trinajstić information content (AvgIpc) is 3.25. The van der Waals surface area contributed by atoms with Gasteiger partial charge in [0.2, 0.25) is 12.5 Å². The van der Waals surface area contributed by atoms with Gasteiger partial charge in [0.1, 0.15) is 17.4 Å². The van der Waals surface area contributed by atoms with Crippen molar-refractivity contribution in [3.63, 3.8) is 0 Å². The lowest BCUT2D eigenvalue weighted by atomic mass is 10.0. The minimum Gasteiger partial charge on any atom is -0.493 e. The molecule has 36 heavy (non-hydrogen) atoms. The Bertz CT molecular complexity index is 1130. The number of nitrogens with one attached hydrogen (secondary N) is 1. The molecule has 0 aliphatic carbocycles. The number of methoxy groups -OCH3 is 2. The number of hydrogen-bond donors (Lipinski definition) is 2. The van der Waals surface area contributed by atoms with Gasteiger partial charge in [-0.3, -0.25) is 14.9 Å². The number of amides is 1. The summed E-state index contributed by atoms with van der Waals surface area (Å²) in [6, 6.07) is 2.11. The van der Waals surface area contributed by atoms with E-state index in [4.69, 9.17) is 19.3 Å². The van der Waals surface area contributed by atoms with Crippen LogP contribution in [-0.2, 0) is 16.2 Å². The van der Waals surface area contributed by atoms with Gasteiger partial charge >= 0.3 is 12.2 Å². The third-order valence-corrected chi connectivity index (χ3v) is 4.64. The summed E-state index contributed by atoms with van der Waals surface area (Å²) in [6.07, 6.45) is -3.72. The van der Waals surface area contributed by atoms with Crippen molar-refractivity contribution in [3.05, 3.63) is 39.2 Å². The summed E-state index contributed by atoms with van der Waals surface area (Å²) >= 11 is 0. The first-order valence-electron chi connectivity index (χ1n) is 10.3. The number of carbonyl (C=O) groups excluding carboxylic acids is 2. The van der Waals surface area contributed by atoms with Gasteiger partial charge in [0.25, 0.3) is 5.69 Å². The van der Waals surface area contributed by atoms with Gasteiger partial charge in [-0.05, 0) is 21.0 Å². The van der Waals surface area contributed by atoms with Crippen molar-refractivity contribution in [2.45, 2.75) is 19.8 Å². The van der Waals surface area contributed by atoms with Crippen molar-refractivity contribution in [2.75, 3.05) is 41.4 Å². The molecular formula is C20H26N6O10. The van der Waals surface area contributed by atoms with Crippen LogP contribution in [0.1, 0.15) is 34.8 Å². The molecule has 1 amide bonds. The Hall–Kier alpha value is -4.47. The molecule has 1 aromatic carbocycles. The van der Waals surface area contributed by atoms with E-state index in [-0.39, 0.29) is 17.2 Å². The number of hydrogen-bond acceptors (Lipinski definition) is 12. The molecule has 0 saturated carbocycles. The topological polar surface area (TPSA) is 197 Å². The quantitative estimate of drug-likeness (QED) is 0.180. The number of carbonyl (C=O) groups is 3. The molecule has 0 saturated heterocycles. The molecule has 1 unspecified atom stereocenters. The van der Waals surface area contributed by atoms with E-state index in [0.29, 0.717) is 13.1 Å². The summed E-state index contributed by atoms with van der Waals surface area (Å²) in [5.74, 6) is -0.922. The number of nitrogens with zero attached hydrogens (tertiary/aromatic N) is 5. The SMILES string of the molecule is COc1cc(C(=O)c2nn(COC(=O)NCCN(C)C)nc2C(C)OC(=O)O)c([N+](=O)[O-])cc1OC. The second-order valence-electron chi connectivity index (χ2n) is 7.43. The Morgan fingerprint density at radius 3 is 2.39 bits per heavy atom. The highest BCUT2D eigenvalue weighted by Crippen LogP contribution is 2.36. The number of likely N-dealkylation sites (N-methyl/N-ethyl adjacent to an activating group) is 1. The van der Waals surface area contributed by atoms with Crippen molar-refractivity contribution in [3.8, 4) is 11.5 Å². The number of alkyl carbamates (subject to hydrolysis) is 1. The Balaban J connectivity index is 2.43. The lowest BCUT2D eigenvalue weighted by Crippen LogP contribution is -2.32. The van der Waals surface area contributed by atoms with E-state index in [0.717, 1.165) is 16.9 Å². The summed E-state index contributed by atoms with van der Waals surface area (Å²) in [7, 11) is 6.20. The zero-order valence-electron chi connectivity index (χ0n) is 20.2. The van der Waals surface area contributed by atoms with Gasteiger partial charge < -0.3 is 34.3 Å². The zero-order chi connectivity index (χ0) is 27.0. The average molecular weight is 510 g/mol. The molecule has 2 aromatic rings. The molecule has 0 aliphatic rings. The number of benzene rings is 1. The number of ether oxygens (including phenoxy) is 4. The highest BCUT2D eigenvalue weighted by atomic mass is 16.7. The Labute approximate surface area is 204 Å². The predicted molar refractivity (Wildman–Crippen MR) is 120 cm³/mol. The number of ketones is 1. The molecule has 16 heteroatoms. The third-order valence-electron chi connectivity index (χ3n) is 4.64. The maximum atomic E-state index is 13.4. The third kappa shape index (κ3) is 7.02. The number of nitro benzene ring substituents is 1. The van der Waals surface area contributed by atoms with Crippen LogP contribution in [0, 0.1) is 10.1 Å². The fraction of sp³-hybridized carbons (Fsp3) is 0.450. The molecule has 196 valence electrons. The van der Waals surface area contributed by atoms with Crippen molar-refractivity contribution in [1.82, 2.24) is 25.2 Å². The minimum absolute atomic E-state index is 0.0147. The van der Waals surface area contributed by atoms with E-state index in [1.807, 2.05) is 19.0 Å². The standard InChI is InChI=1S/C20H26N6O10/c1-11(36-20(29)30)16-17(23-25(22-16)10-35-19(28)21-6-7-24(2)3)18(27)12-8-14(33-4)15(34-5)9-13(12)26(31)32/h8-9,11H,6-7,10H2,1-5H3,(H,21,28)(H,29,30). The smallest absolute Gasteiger partial charge is 0.493 e. The highest BCUT2D eigenvalue weighted by Gasteiger charge is 2.32. The molecule has 1 aromatic heterocycles. The second kappa shape index (κ2) is 12.3. The summed E-state index contributed by atoms with van der Waals surface area (Å²) < 4.78 is 19.9. The van der Waals surface area contributed by atoms with Crippen molar-refractivity contribution < 1.29 is 43.4 Å². The monoisotopic (exact) mass is 510 g/mol. The molecule has 0 radical (unpaired) electrons. The van der Waals surface area contributed by atoms with Crippen LogP contribution in [0.25, 0.3) is 0 Å². The highest BCUT2D eigenvalue weighted by molar-refractivity contribution is 6.11. The fourth-order valence-electron chi connectivity index (χ4n) is 2.94. The van der Waals surface area contributed by atoms with E-state index < -0.39 is 52.7 Å². The first-order chi connectivity index (χ1) is 17.0. The van der Waals surface area contributed by atoms with Crippen LogP contribution in [0.15, 0.2) is 12.1 Å². The maximum absolute atomic E-state index is 13.4. The van der Waals surface area contributed by atoms with Crippen molar-refractivity contribution in [2.24, 2.45) is 0 Å². The van der Waals surface area contributed by atoms with Gasteiger partial charge in [-0.15, -0.1) is 9.90 Å². The molecular weight excluding hydrogens is 484 g/mol. The largest absolute Gasteiger partial charge is 0.506 e. The van der Waals surface area contributed by atoms with Crippen LogP contribution >= 0.6 is 0 Å². The molecule has 0 bridgehead atoms. The lowest BCUT2D eigenvalue weighted by Gasteiger charge is -2.11. The van der Waals surface area contributed by atoms with Crippen molar-refractivity contribution >= 4 is 23.7 Å². The van der Waals surface area contributed by atoms with Gasteiger partial charge in [-0.1, -0.05) is 0 Å². The van der Waals surface area contributed by atoms with E-state index in [1.54, 1.807) is 0 Å². The molecule has 1 heterocycles. The lowest BCUT2D eigenvalue weighted by molar-refractivity contribution is -0.385. The first kappa shape index (κ1) is 27.8. The number of rotatable bonds is 12. The van der Waals surface area contributed by atoms with Gasteiger partial charge in [0.15, 0.2) is 17.2 Å². The predicted octanol–water partition coefficient (Wildman–Crippen LogP) is 1.44. The van der Waals surface area contributed by atoms with E-state index in [2.05, 4.69) is 20.3 Å². The Morgan fingerprint density at radius 2 is 1.83 bits per heavy atom. The fourth-order valence-corrected chi connectivity index (χ4v) is 2.94. The molecule has 1 atom stereocenters. The van der Waals surface area contributed by atoms with Crippen LogP contribution in [0.2, 0.25) is 0 Å². The molecule has 0 fully saturated rings. The van der Waals surface area contributed by atoms with Crippen LogP contribution in [-0.4, -0.2) is 89.4 Å². The zero-order valence-corrected chi connectivity index (χ0v) is 20.2. The van der Waals surface area contributed by atoms with E-state index in [9.17, 15) is 24.5 Å². The normalized spacial score (nSPS) is 11.5. The minimum atomic E-state index is -1.65. The van der Waals surface area contributed by atoms with Crippen LogP contribution in [0.4, 0.5) is 15.3 Å². The number of aromatic nitrogens is 3. The van der Waals surface area contributed by atoms with Crippen LogP contribution in [0.5, 0.6) is 11.5 Å². The maximum Gasteiger partial charge on any atom is 0.506 e. The molecule has 0 spiro atoms. The Morgan fingerprint density at radius 1 is 1.19 bits per heavy atom. The second-order valence-corrected chi connectivity index (χ2v) is 7.43. The molecule has 2 N–H and O–H groups in total. The van der Waals surface area contributed by atoms with Crippen LogP contribution < -0.4 is 14.8 Å². The van der Waals surface area contributed by atoms with Gasteiger partial charge in [0, 0.05) is 19.2 Å². The van der Waals surface area contributed by atoms with Gasteiger partial charge in [-0.2, -0.15) is 5.10 Å². The van der Waals surface area contributed by atoms with Gasteiger partial charge in [0.05, 0.1) is 25.2 Å². The van der Waals surface area contributed by atoms with E-state index >= 15 is 0 Å². The summed E-state index contributed by atoms with van der Waals surface area (Å²) in [4.78, 5) is 49.8. The summed E-state index contributed by atoms with van der Waals surface area (Å²) in [5.41, 5.74) is -1.73. The molecule has 16 nitrogen and oxygen atoms in total. The summed E-state index contributed by atoms with van der Waals surface area (Å²) in [5, 5.41) is 31.1. The van der Waals surface area contributed by atoms with Gasteiger partial charge in [-0.25, -0.2) is 9.59 Å². The molecule has 0 aliphatic heterocycles. The first-order valence-corrected chi connectivity index (χ1v) is 10.3.